The van der Waals surface area contributed by atoms with Crippen LogP contribution in [0.25, 0.3) is 0 Å². The number of nitrogens with two attached hydrogens (primary N) is 1. The second kappa shape index (κ2) is 6.78. The number of halogens is 1. The lowest BCUT2D eigenvalue weighted by Gasteiger charge is -2.13. The van der Waals surface area contributed by atoms with Gasteiger partial charge in [-0.3, -0.25) is 0 Å². The van der Waals surface area contributed by atoms with E-state index in [1.54, 1.807) is 25.3 Å². The minimum atomic E-state index is 0.321. The SMILES string of the molecule is COc1cc(C(N)=S)ccc1OCc1ccc(C)cc1Cl. The van der Waals surface area contributed by atoms with Crippen molar-refractivity contribution in [3.8, 4) is 11.5 Å². The van der Waals surface area contributed by atoms with E-state index in [4.69, 9.17) is 39.0 Å². The molecule has 0 amide bonds. The standard InChI is InChI=1S/C16H16ClNO2S/c1-10-3-4-12(13(17)7-10)9-20-14-6-5-11(16(18)21)8-15(14)19-2/h3-8H,9H2,1-2H3,(H2,18,21). The second-order valence-corrected chi connectivity index (χ2v) is 5.46. The van der Waals surface area contributed by atoms with Crippen molar-refractivity contribution in [3.63, 3.8) is 0 Å². The average molecular weight is 322 g/mol. The van der Waals surface area contributed by atoms with E-state index < -0.39 is 0 Å². The van der Waals surface area contributed by atoms with Crippen LogP contribution in [0.2, 0.25) is 5.02 Å². The Morgan fingerprint density at radius 3 is 2.57 bits per heavy atom. The van der Waals surface area contributed by atoms with E-state index in [0.717, 1.165) is 16.7 Å². The first-order valence-electron chi connectivity index (χ1n) is 6.37. The van der Waals surface area contributed by atoms with Crippen molar-refractivity contribution in [1.82, 2.24) is 0 Å². The van der Waals surface area contributed by atoms with Crippen LogP contribution in [0.5, 0.6) is 11.5 Å². The van der Waals surface area contributed by atoms with Crippen molar-refractivity contribution in [2.45, 2.75) is 13.5 Å². The lowest BCUT2D eigenvalue weighted by molar-refractivity contribution is 0.284. The fraction of sp³-hybridized carbons (Fsp3) is 0.188. The third kappa shape index (κ3) is 3.86. The number of aryl methyl sites for hydroxylation is 1. The van der Waals surface area contributed by atoms with Crippen LogP contribution in [-0.4, -0.2) is 12.1 Å². The van der Waals surface area contributed by atoms with Gasteiger partial charge in [0.05, 0.1) is 7.11 Å². The topological polar surface area (TPSA) is 44.5 Å². The molecule has 0 heterocycles. The predicted molar refractivity (Wildman–Crippen MR) is 89.4 cm³/mol. The van der Waals surface area contributed by atoms with Gasteiger partial charge < -0.3 is 15.2 Å². The zero-order valence-electron chi connectivity index (χ0n) is 11.9. The normalized spacial score (nSPS) is 10.2. The van der Waals surface area contributed by atoms with Gasteiger partial charge in [-0.15, -0.1) is 0 Å². The van der Waals surface area contributed by atoms with Crippen LogP contribution in [0.4, 0.5) is 0 Å². The summed E-state index contributed by atoms with van der Waals surface area (Å²) in [5.74, 6) is 1.21. The van der Waals surface area contributed by atoms with E-state index in [1.807, 2.05) is 25.1 Å². The molecule has 0 saturated carbocycles. The minimum absolute atomic E-state index is 0.321. The molecule has 0 spiro atoms. The van der Waals surface area contributed by atoms with Crippen molar-refractivity contribution >= 4 is 28.8 Å². The highest BCUT2D eigenvalue weighted by atomic mass is 35.5. The Kier molecular flexibility index (Phi) is 5.04. The molecule has 110 valence electrons. The van der Waals surface area contributed by atoms with Crippen molar-refractivity contribution in [3.05, 3.63) is 58.1 Å². The van der Waals surface area contributed by atoms with E-state index in [1.165, 1.54) is 0 Å². The summed E-state index contributed by atoms with van der Waals surface area (Å²) in [5.41, 5.74) is 8.37. The van der Waals surface area contributed by atoms with E-state index in [0.29, 0.717) is 28.1 Å². The average Bonchev–Trinajstić information content (AvgIpc) is 2.46. The van der Waals surface area contributed by atoms with E-state index in [9.17, 15) is 0 Å². The van der Waals surface area contributed by atoms with Gasteiger partial charge in [-0.05, 0) is 36.8 Å². The smallest absolute Gasteiger partial charge is 0.161 e. The Labute approximate surface area is 134 Å². The molecule has 0 aliphatic rings. The quantitative estimate of drug-likeness (QED) is 0.849. The Morgan fingerprint density at radius 2 is 1.95 bits per heavy atom. The fourth-order valence-electron chi connectivity index (χ4n) is 1.87. The molecule has 3 nitrogen and oxygen atoms in total. The van der Waals surface area contributed by atoms with Crippen molar-refractivity contribution < 1.29 is 9.47 Å². The van der Waals surface area contributed by atoms with Crippen LogP contribution in [-0.2, 0) is 6.61 Å². The summed E-state index contributed by atoms with van der Waals surface area (Å²) < 4.78 is 11.1. The summed E-state index contributed by atoms with van der Waals surface area (Å²) in [7, 11) is 1.57. The molecule has 0 atom stereocenters. The monoisotopic (exact) mass is 321 g/mol. The number of hydrogen-bond donors (Lipinski definition) is 1. The Bertz CT molecular complexity index is 673. The molecule has 0 saturated heterocycles. The molecule has 0 unspecified atom stereocenters. The summed E-state index contributed by atoms with van der Waals surface area (Å²) in [6, 6.07) is 11.2. The van der Waals surface area contributed by atoms with E-state index >= 15 is 0 Å². The van der Waals surface area contributed by atoms with Crippen LogP contribution in [0.3, 0.4) is 0 Å². The molecule has 0 fully saturated rings. The second-order valence-electron chi connectivity index (χ2n) is 4.61. The maximum Gasteiger partial charge on any atom is 0.161 e. The lowest BCUT2D eigenvalue weighted by Crippen LogP contribution is -2.09. The van der Waals surface area contributed by atoms with Gasteiger partial charge in [0.1, 0.15) is 11.6 Å². The third-order valence-corrected chi connectivity index (χ3v) is 3.63. The molecular weight excluding hydrogens is 306 g/mol. The Hall–Kier alpha value is -1.78. The zero-order valence-corrected chi connectivity index (χ0v) is 13.4. The van der Waals surface area contributed by atoms with Crippen LogP contribution in [0.15, 0.2) is 36.4 Å². The molecule has 0 aliphatic heterocycles. The highest BCUT2D eigenvalue weighted by Gasteiger charge is 2.09. The van der Waals surface area contributed by atoms with Crippen LogP contribution >= 0.6 is 23.8 Å². The van der Waals surface area contributed by atoms with Gasteiger partial charge in [-0.1, -0.05) is 36.0 Å². The number of hydrogen-bond acceptors (Lipinski definition) is 3. The molecular formula is C16H16ClNO2S. The lowest BCUT2D eigenvalue weighted by atomic mass is 10.1. The highest BCUT2D eigenvalue weighted by Crippen LogP contribution is 2.29. The number of methoxy groups -OCH3 is 1. The summed E-state index contributed by atoms with van der Waals surface area (Å²) in [6.45, 7) is 2.36. The van der Waals surface area contributed by atoms with E-state index in [2.05, 4.69) is 0 Å². The van der Waals surface area contributed by atoms with Crippen LogP contribution < -0.4 is 15.2 Å². The van der Waals surface area contributed by atoms with Crippen molar-refractivity contribution in [2.75, 3.05) is 7.11 Å². The Balaban J connectivity index is 2.17. The molecule has 0 radical (unpaired) electrons. The van der Waals surface area contributed by atoms with Crippen molar-refractivity contribution in [2.24, 2.45) is 5.73 Å². The van der Waals surface area contributed by atoms with Crippen molar-refractivity contribution in [1.29, 1.82) is 0 Å². The number of thiocarbonyl (C=S) groups is 1. The molecule has 5 heteroatoms. The zero-order chi connectivity index (χ0) is 15.4. The van der Waals surface area contributed by atoms with Gasteiger partial charge >= 0.3 is 0 Å². The number of rotatable bonds is 5. The molecule has 2 N–H and O–H groups in total. The van der Waals surface area contributed by atoms with Gasteiger partial charge in [0.15, 0.2) is 11.5 Å². The van der Waals surface area contributed by atoms with Gasteiger partial charge in [0.2, 0.25) is 0 Å². The third-order valence-electron chi connectivity index (χ3n) is 3.04. The maximum absolute atomic E-state index is 6.19. The molecule has 0 aromatic heterocycles. The summed E-state index contributed by atoms with van der Waals surface area (Å²) in [6.07, 6.45) is 0. The van der Waals surface area contributed by atoms with Gasteiger partial charge in [0, 0.05) is 16.1 Å². The molecule has 0 aliphatic carbocycles. The van der Waals surface area contributed by atoms with Crippen LogP contribution in [0.1, 0.15) is 16.7 Å². The van der Waals surface area contributed by atoms with Gasteiger partial charge in [-0.25, -0.2) is 0 Å². The first-order valence-corrected chi connectivity index (χ1v) is 7.15. The highest BCUT2D eigenvalue weighted by molar-refractivity contribution is 7.80. The largest absolute Gasteiger partial charge is 0.493 e. The summed E-state index contributed by atoms with van der Waals surface area (Å²) in [4.78, 5) is 0.321. The first-order chi connectivity index (χ1) is 10.0. The predicted octanol–water partition coefficient (Wildman–Crippen LogP) is 3.87. The van der Waals surface area contributed by atoms with Gasteiger partial charge in [0.25, 0.3) is 0 Å². The molecule has 0 bridgehead atoms. The fourth-order valence-corrected chi connectivity index (χ4v) is 2.28. The molecule has 2 aromatic rings. The molecule has 21 heavy (non-hydrogen) atoms. The number of ether oxygens (including phenoxy) is 2. The maximum atomic E-state index is 6.19. The number of benzene rings is 2. The summed E-state index contributed by atoms with van der Waals surface area (Å²) >= 11 is 11.1. The molecule has 2 aromatic carbocycles. The molecule has 2 rings (SSSR count). The first kappa shape index (κ1) is 15.6. The van der Waals surface area contributed by atoms with Gasteiger partial charge in [-0.2, -0.15) is 0 Å². The Morgan fingerprint density at radius 1 is 1.19 bits per heavy atom. The minimum Gasteiger partial charge on any atom is -0.493 e. The van der Waals surface area contributed by atoms with E-state index in [-0.39, 0.29) is 0 Å². The summed E-state index contributed by atoms with van der Waals surface area (Å²) in [5, 5.41) is 0.689. The van der Waals surface area contributed by atoms with Crippen LogP contribution in [0, 0.1) is 6.92 Å².